The van der Waals surface area contributed by atoms with E-state index in [0.717, 1.165) is 16.7 Å². The van der Waals surface area contributed by atoms with Crippen LogP contribution in [0.3, 0.4) is 0 Å². The predicted octanol–water partition coefficient (Wildman–Crippen LogP) is 3.89. The largest absolute Gasteiger partial charge is 0.573 e. The fraction of sp³-hybridized carbons (Fsp3) is 0.517. The molecular formula is C29H32ClF4N5O9. The van der Waals surface area contributed by atoms with Crippen molar-refractivity contribution in [1.29, 1.82) is 0 Å². The first-order valence-corrected chi connectivity index (χ1v) is 15.0. The highest BCUT2D eigenvalue weighted by Gasteiger charge is 2.54. The number of imidazole rings is 1. The van der Waals surface area contributed by atoms with Crippen LogP contribution in [0.4, 0.5) is 23.4 Å². The van der Waals surface area contributed by atoms with Gasteiger partial charge >= 0.3 is 24.3 Å². The van der Waals surface area contributed by atoms with Crippen LogP contribution in [0.15, 0.2) is 30.6 Å². The van der Waals surface area contributed by atoms with Crippen molar-refractivity contribution in [2.45, 2.75) is 70.7 Å². The Labute approximate surface area is 275 Å². The molecule has 2 N–H and O–H groups in total. The monoisotopic (exact) mass is 705 g/mol. The standard InChI is InChI=1S/C29H32ClF4N5O9/c1-5-43-25(41)28(26(42)44-6-2,11-15-7-9-16(10-8-15)48-29(32,33)34)45-12-17-20(47-24(40)14(3)4)18(31)23(46-17)39-13-36-19-21(35)37-27(30)38-22(19)39/h7-10,13-14,17-18,20,23H,5-6,11-12H2,1-4H3,(H2,35,37,38)/t17-,18+,20-,23-/m1/s1. The van der Waals surface area contributed by atoms with Gasteiger partial charge in [-0.3, -0.25) is 9.36 Å². The normalized spacial score (nSPS) is 19.8. The zero-order chi connectivity index (χ0) is 35.4. The van der Waals surface area contributed by atoms with E-state index in [-0.39, 0.29) is 41.0 Å². The fourth-order valence-corrected chi connectivity index (χ4v) is 4.94. The van der Waals surface area contributed by atoms with Crippen molar-refractivity contribution in [3.63, 3.8) is 0 Å². The second-order valence-corrected chi connectivity index (χ2v) is 11.1. The van der Waals surface area contributed by atoms with Gasteiger partial charge in [-0.15, -0.1) is 13.2 Å². The highest BCUT2D eigenvalue weighted by Crippen LogP contribution is 2.38. The molecule has 4 rings (SSSR count). The van der Waals surface area contributed by atoms with E-state index in [2.05, 4.69) is 19.7 Å². The summed E-state index contributed by atoms with van der Waals surface area (Å²) in [7, 11) is 0. The van der Waals surface area contributed by atoms with Gasteiger partial charge < -0.3 is 34.2 Å². The number of nitrogens with zero attached hydrogens (tertiary/aromatic N) is 4. The average Bonchev–Trinajstić information content (AvgIpc) is 3.56. The van der Waals surface area contributed by atoms with Gasteiger partial charge in [-0.2, -0.15) is 9.97 Å². The van der Waals surface area contributed by atoms with Crippen molar-refractivity contribution in [2.75, 3.05) is 25.6 Å². The number of halogens is 5. The number of carbonyl (C=O) groups excluding carboxylic acids is 3. The van der Waals surface area contributed by atoms with E-state index < -0.39 is 79.2 Å². The number of hydrogen-bond donors (Lipinski definition) is 1. The first kappa shape index (κ1) is 36.5. The summed E-state index contributed by atoms with van der Waals surface area (Å²) in [4.78, 5) is 51.5. The molecule has 48 heavy (non-hydrogen) atoms. The molecule has 3 aromatic rings. The van der Waals surface area contributed by atoms with Crippen molar-refractivity contribution in [3.05, 3.63) is 41.4 Å². The minimum absolute atomic E-state index is 0.000924. The minimum atomic E-state index is -4.96. The molecule has 0 amide bonds. The minimum Gasteiger partial charge on any atom is -0.463 e. The number of nitrogens with two attached hydrogens (primary N) is 1. The molecule has 2 aromatic heterocycles. The molecule has 262 valence electrons. The Morgan fingerprint density at radius 1 is 1.06 bits per heavy atom. The first-order chi connectivity index (χ1) is 22.6. The molecule has 0 radical (unpaired) electrons. The third kappa shape index (κ3) is 8.04. The molecule has 0 aliphatic carbocycles. The summed E-state index contributed by atoms with van der Waals surface area (Å²) >= 11 is 5.96. The zero-order valence-electron chi connectivity index (χ0n) is 26.0. The van der Waals surface area contributed by atoms with Crippen molar-refractivity contribution in [1.82, 2.24) is 19.5 Å². The number of ether oxygens (including phenoxy) is 6. The van der Waals surface area contributed by atoms with E-state index in [1.165, 1.54) is 46.2 Å². The number of benzene rings is 1. The van der Waals surface area contributed by atoms with Crippen LogP contribution >= 0.6 is 11.6 Å². The van der Waals surface area contributed by atoms with Gasteiger partial charge in [0, 0.05) is 6.42 Å². The summed E-state index contributed by atoms with van der Waals surface area (Å²) in [5, 5.41) is -0.260. The quantitative estimate of drug-likeness (QED) is 0.0892. The fourth-order valence-electron chi connectivity index (χ4n) is 4.77. The van der Waals surface area contributed by atoms with Crippen LogP contribution in [0, 0.1) is 5.92 Å². The number of anilines is 1. The highest BCUT2D eigenvalue weighted by atomic mass is 35.5. The highest BCUT2D eigenvalue weighted by molar-refractivity contribution is 6.28. The third-order valence-corrected chi connectivity index (χ3v) is 7.17. The van der Waals surface area contributed by atoms with Gasteiger partial charge in [0.05, 0.1) is 32.1 Å². The number of nitrogen functional groups attached to an aromatic ring is 1. The summed E-state index contributed by atoms with van der Waals surface area (Å²) in [5.41, 5.74) is 3.54. The summed E-state index contributed by atoms with van der Waals surface area (Å²) in [6, 6.07) is 4.30. The summed E-state index contributed by atoms with van der Waals surface area (Å²) < 4.78 is 87.0. The molecule has 1 saturated heterocycles. The number of rotatable bonds is 13. The van der Waals surface area contributed by atoms with E-state index in [0.29, 0.717) is 0 Å². The lowest BCUT2D eigenvalue weighted by Gasteiger charge is -2.31. The van der Waals surface area contributed by atoms with E-state index in [1.54, 1.807) is 0 Å². The molecule has 0 saturated carbocycles. The van der Waals surface area contributed by atoms with Gasteiger partial charge in [-0.1, -0.05) is 26.0 Å². The number of carbonyl (C=O) groups is 3. The van der Waals surface area contributed by atoms with E-state index in [4.69, 9.17) is 41.0 Å². The number of aromatic nitrogens is 4. The van der Waals surface area contributed by atoms with Crippen molar-refractivity contribution in [3.8, 4) is 5.75 Å². The van der Waals surface area contributed by atoms with Crippen molar-refractivity contribution >= 4 is 46.5 Å². The van der Waals surface area contributed by atoms with Crippen LogP contribution in [-0.2, 0) is 44.5 Å². The summed E-state index contributed by atoms with van der Waals surface area (Å²) in [6.07, 6.45) is -11.1. The molecule has 0 spiro atoms. The number of esters is 3. The van der Waals surface area contributed by atoms with E-state index in [1.807, 2.05) is 0 Å². The maximum atomic E-state index is 16.2. The topological polar surface area (TPSA) is 176 Å². The number of fused-ring (bicyclic) bond motifs is 1. The van der Waals surface area contributed by atoms with Gasteiger partial charge in [0.15, 0.2) is 30.0 Å². The van der Waals surface area contributed by atoms with Gasteiger partial charge in [-0.05, 0) is 43.1 Å². The zero-order valence-corrected chi connectivity index (χ0v) is 26.8. The second kappa shape index (κ2) is 14.9. The summed E-state index contributed by atoms with van der Waals surface area (Å²) in [6.45, 7) is 4.83. The molecular weight excluding hydrogens is 674 g/mol. The van der Waals surface area contributed by atoms with Crippen LogP contribution in [0.2, 0.25) is 5.28 Å². The predicted molar refractivity (Wildman–Crippen MR) is 157 cm³/mol. The Balaban J connectivity index is 1.70. The number of alkyl halides is 4. The van der Waals surface area contributed by atoms with E-state index in [9.17, 15) is 27.6 Å². The van der Waals surface area contributed by atoms with E-state index >= 15 is 4.39 Å². The molecule has 0 unspecified atom stereocenters. The van der Waals surface area contributed by atoms with Gasteiger partial charge in [0.1, 0.15) is 17.4 Å². The Bertz CT molecular complexity index is 1600. The lowest BCUT2D eigenvalue weighted by atomic mass is 9.93. The molecule has 19 heteroatoms. The molecule has 14 nitrogen and oxygen atoms in total. The molecule has 1 aliphatic heterocycles. The Morgan fingerprint density at radius 3 is 2.25 bits per heavy atom. The maximum Gasteiger partial charge on any atom is 0.573 e. The van der Waals surface area contributed by atoms with Crippen molar-refractivity contribution < 1.29 is 60.4 Å². The van der Waals surface area contributed by atoms with Crippen LogP contribution in [0.25, 0.3) is 11.2 Å². The molecule has 1 aromatic carbocycles. The first-order valence-electron chi connectivity index (χ1n) is 14.6. The Kier molecular flexibility index (Phi) is 11.3. The smallest absolute Gasteiger partial charge is 0.463 e. The third-order valence-electron chi connectivity index (χ3n) is 7.00. The molecule has 1 aliphatic rings. The summed E-state index contributed by atoms with van der Waals surface area (Å²) in [5.74, 6) is -4.52. The SMILES string of the molecule is CCOC(=O)C(Cc1ccc(OC(F)(F)F)cc1)(OC[C@H]1O[C@@H](n2cnc3c(N)nc(Cl)nc32)[C@@H](F)[C@@H]1OC(=O)C(C)C)C(=O)OCC. The number of hydrogen-bond acceptors (Lipinski definition) is 13. The van der Waals surface area contributed by atoms with Gasteiger partial charge in [-0.25, -0.2) is 19.0 Å². The maximum absolute atomic E-state index is 16.2. The van der Waals surface area contributed by atoms with Crippen LogP contribution < -0.4 is 10.5 Å². The lowest BCUT2D eigenvalue weighted by Crippen LogP contribution is -2.54. The molecule has 3 heterocycles. The van der Waals surface area contributed by atoms with Gasteiger partial charge in [0.25, 0.3) is 5.60 Å². The average molecular weight is 706 g/mol. The van der Waals surface area contributed by atoms with Crippen molar-refractivity contribution in [2.24, 2.45) is 5.92 Å². The molecule has 0 bridgehead atoms. The molecule has 4 atom stereocenters. The van der Waals surface area contributed by atoms with Crippen LogP contribution in [0.1, 0.15) is 39.5 Å². The Morgan fingerprint density at radius 2 is 1.69 bits per heavy atom. The van der Waals surface area contributed by atoms with Gasteiger partial charge in [0.2, 0.25) is 5.28 Å². The lowest BCUT2D eigenvalue weighted by molar-refractivity contribution is -0.274. The van der Waals surface area contributed by atoms with Crippen LogP contribution in [0.5, 0.6) is 5.75 Å². The Hall–Kier alpha value is -4.29. The van der Waals surface area contributed by atoms with Crippen LogP contribution in [-0.4, -0.2) is 87.6 Å². The molecule has 1 fully saturated rings. The second-order valence-electron chi connectivity index (χ2n) is 10.7.